The Bertz CT molecular complexity index is 831. The summed E-state index contributed by atoms with van der Waals surface area (Å²) in [6.07, 6.45) is 0. The summed E-state index contributed by atoms with van der Waals surface area (Å²) in [5.41, 5.74) is 1.78. The van der Waals surface area contributed by atoms with Crippen LogP contribution in [0.15, 0.2) is 53.3 Å². The maximum Gasteiger partial charge on any atom is 0.279 e. The molecule has 20 heavy (non-hydrogen) atoms. The lowest BCUT2D eigenvalue weighted by Crippen LogP contribution is -2.17. The van der Waals surface area contributed by atoms with Gasteiger partial charge in [0.1, 0.15) is 0 Å². The number of rotatable bonds is 2. The van der Waals surface area contributed by atoms with E-state index in [2.05, 4.69) is 10.4 Å². The molecule has 0 aliphatic rings. The van der Waals surface area contributed by atoms with E-state index in [9.17, 15) is 9.59 Å². The number of hydrogen-bond donors (Lipinski definition) is 2. The van der Waals surface area contributed by atoms with Crippen LogP contribution in [0.5, 0.6) is 0 Å². The Morgan fingerprint density at radius 2 is 1.90 bits per heavy atom. The van der Waals surface area contributed by atoms with Crippen molar-refractivity contribution in [1.82, 2.24) is 15.1 Å². The fourth-order valence-electron chi connectivity index (χ4n) is 2.16. The minimum absolute atomic E-state index is 0.130. The zero-order valence-corrected chi connectivity index (χ0v) is 10.9. The van der Waals surface area contributed by atoms with Crippen LogP contribution in [0.1, 0.15) is 10.4 Å². The molecule has 0 aliphatic heterocycles. The van der Waals surface area contributed by atoms with Gasteiger partial charge < -0.3 is 5.32 Å². The summed E-state index contributed by atoms with van der Waals surface area (Å²) in [6, 6.07) is 14.3. The number of aromatic amines is 1. The van der Waals surface area contributed by atoms with Crippen molar-refractivity contribution in [1.29, 1.82) is 0 Å². The molecule has 0 spiro atoms. The SMILES string of the molecule is CNC(=O)c1ccc2c(=O)n(-c3ccccc3)[nH]c2c1. The first-order chi connectivity index (χ1) is 9.70. The maximum atomic E-state index is 12.3. The average Bonchev–Trinajstić information content (AvgIpc) is 2.84. The zero-order chi connectivity index (χ0) is 14.1. The molecule has 0 fully saturated rings. The minimum Gasteiger partial charge on any atom is -0.355 e. The van der Waals surface area contributed by atoms with Crippen LogP contribution in [-0.2, 0) is 0 Å². The normalized spacial score (nSPS) is 10.7. The first-order valence-electron chi connectivity index (χ1n) is 6.23. The van der Waals surface area contributed by atoms with Crippen LogP contribution in [0, 0.1) is 0 Å². The van der Waals surface area contributed by atoms with E-state index in [-0.39, 0.29) is 11.5 Å². The molecule has 3 rings (SSSR count). The van der Waals surface area contributed by atoms with Gasteiger partial charge in [-0.05, 0) is 30.3 Å². The number of carbonyl (C=O) groups is 1. The standard InChI is InChI=1S/C15H13N3O2/c1-16-14(19)10-7-8-12-13(9-10)17-18(15(12)20)11-5-3-2-4-6-11/h2-9,17H,1H3,(H,16,19). The maximum absolute atomic E-state index is 12.3. The fraction of sp³-hybridized carbons (Fsp3) is 0.0667. The molecule has 100 valence electrons. The van der Waals surface area contributed by atoms with Crippen LogP contribution < -0.4 is 10.9 Å². The van der Waals surface area contributed by atoms with Gasteiger partial charge in [0, 0.05) is 12.6 Å². The molecule has 0 saturated carbocycles. The van der Waals surface area contributed by atoms with Gasteiger partial charge in [-0.15, -0.1) is 0 Å². The van der Waals surface area contributed by atoms with Crippen LogP contribution in [0.3, 0.4) is 0 Å². The Balaban J connectivity index is 2.20. The Labute approximate surface area is 114 Å². The Hall–Kier alpha value is -2.82. The highest BCUT2D eigenvalue weighted by atomic mass is 16.1. The highest BCUT2D eigenvalue weighted by molar-refractivity contribution is 5.97. The highest BCUT2D eigenvalue weighted by Crippen LogP contribution is 2.13. The van der Waals surface area contributed by atoms with E-state index in [1.54, 1.807) is 25.2 Å². The van der Waals surface area contributed by atoms with Gasteiger partial charge in [-0.3, -0.25) is 14.7 Å². The summed E-state index contributed by atoms with van der Waals surface area (Å²) in [5, 5.41) is 6.14. The van der Waals surface area contributed by atoms with Gasteiger partial charge in [0.05, 0.1) is 16.6 Å². The second-order valence-electron chi connectivity index (χ2n) is 4.43. The summed E-state index contributed by atoms with van der Waals surface area (Å²) in [4.78, 5) is 23.9. The second kappa shape index (κ2) is 4.70. The van der Waals surface area contributed by atoms with Gasteiger partial charge in [0.25, 0.3) is 11.5 Å². The number of carbonyl (C=O) groups excluding carboxylic acids is 1. The fourth-order valence-corrected chi connectivity index (χ4v) is 2.16. The summed E-state index contributed by atoms with van der Waals surface area (Å²) in [6.45, 7) is 0. The van der Waals surface area contributed by atoms with E-state index in [1.807, 2.05) is 30.3 Å². The molecule has 0 aliphatic carbocycles. The van der Waals surface area contributed by atoms with Crippen molar-refractivity contribution in [3.05, 3.63) is 64.4 Å². The third kappa shape index (κ3) is 1.89. The number of benzene rings is 2. The molecule has 3 aromatic rings. The number of para-hydroxylation sites is 1. The van der Waals surface area contributed by atoms with Crippen LogP contribution in [-0.4, -0.2) is 22.7 Å². The minimum atomic E-state index is -0.180. The quantitative estimate of drug-likeness (QED) is 0.741. The largest absolute Gasteiger partial charge is 0.355 e. The average molecular weight is 267 g/mol. The molecule has 0 atom stereocenters. The number of hydrogen-bond acceptors (Lipinski definition) is 2. The molecule has 5 heteroatoms. The van der Waals surface area contributed by atoms with E-state index in [0.717, 1.165) is 5.69 Å². The molecule has 1 heterocycles. The lowest BCUT2D eigenvalue weighted by molar-refractivity contribution is 0.0963. The number of aromatic nitrogens is 2. The molecule has 5 nitrogen and oxygen atoms in total. The molecule has 0 bridgehead atoms. The predicted molar refractivity (Wildman–Crippen MR) is 77.3 cm³/mol. The van der Waals surface area contributed by atoms with Gasteiger partial charge in [0.2, 0.25) is 0 Å². The zero-order valence-electron chi connectivity index (χ0n) is 10.9. The molecule has 2 N–H and O–H groups in total. The van der Waals surface area contributed by atoms with Crippen molar-refractivity contribution < 1.29 is 4.79 Å². The van der Waals surface area contributed by atoms with Crippen molar-refractivity contribution in [3.8, 4) is 5.69 Å². The monoisotopic (exact) mass is 267 g/mol. The van der Waals surface area contributed by atoms with Gasteiger partial charge in [-0.1, -0.05) is 18.2 Å². The number of fused-ring (bicyclic) bond motifs is 1. The van der Waals surface area contributed by atoms with E-state index in [0.29, 0.717) is 16.5 Å². The van der Waals surface area contributed by atoms with Crippen molar-refractivity contribution in [2.24, 2.45) is 0 Å². The second-order valence-corrected chi connectivity index (χ2v) is 4.43. The molecule has 1 amide bonds. The number of amides is 1. The predicted octanol–water partition coefficient (Wildman–Crippen LogP) is 1.68. The molecular weight excluding hydrogens is 254 g/mol. The first-order valence-corrected chi connectivity index (χ1v) is 6.23. The van der Waals surface area contributed by atoms with Gasteiger partial charge in [-0.25, -0.2) is 4.68 Å². The Kier molecular flexibility index (Phi) is 2.87. The van der Waals surface area contributed by atoms with Gasteiger partial charge in [0.15, 0.2) is 0 Å². The lowest BCUT2D eigenvalue weighted by Gasteiger charge is -1.99. The topological polar surface area (TPSA) is 66.9 Å². The summed E-state index contributed by atoms with van der Waals surface area (Å²) in [7, 11) is 1.57. The van der Waals surface area contributed by atoms with E-state index < -0.39 is 0 Å². The van der Waals surface area contributed by atoms with Crippen molar-refractivity contribution >= 4 is 16.8 Å². The van der Waals surface area contributed by atoms with Crippen molar-refractivity contribution in [3.63, 3.8) is 0 Å². The molecule has 0 radical (unpaired) electrons. The van der Waals surface area contributed by atoms with Crippen LogP contribution >= 0.6 is 0 Å². The Morgan fingerprint density at radius 1 is 1.15 bits per heavy atom. The number of nitrogens with zero attached hydrogens (tertiary/aromatic N) is 1. The summed E-state index contributed by atoms with van der Waals surface area (Å²) >= 11 is 0. The van der Waals surface area contributed by atoms with Crippen molar-refractivity contribution in [2.75, 3.05) is 7.05 Å². The van der Waals surface area contributed by atoms with Crippen LogP contribution in [0.4, 0.5) is 0 Å². The van der Waals surface area contributed by atoms with Crippen LogP contribution in [0.25, 0.3) is 16.6 Å². The van der Waals surface area contributed by atoms with Gasteiger partial charge in [-0.2, -0.15) is 0 Å². The third-order valence-corrected chi connectivity index (χ3v) is 3.19. The van der Waals surface area contributed by atoms with E-state index in [4.69, 9.17) is 0 Å². The lowest BCUT2D eigenvalue weighted by atomic mass is 10.1. The summed E-state index contributed by atoms with van der Waals surface area (Å²) in [5.74, 6) is -0.180. The first kappa shape index (κ1) is 12.2. The third-order valence-electron chi connectivity index (χ3n) is 3.19. The molecule has 1 aromatic heterocycles. The number of H-pyrrole nitrogens is 1. The van der Waals surface area contributed by atoms with Gasteiger partial charge >= 0.3 is 0 Å². The number of nitrogens with one attached hydrogen (secondary N) is 2. The van der Waals surface area contributed by atoms with Crippen LogP contribution in [0.2, 0.25) is 0 Å². The smallest absolute Gasteiger partial charge is 0.279 e. The Morgan fingerprint density at radius 3 is 2.60 bits per heavy atom. The van der Waals surface area contributed by atoms with Crippen molar-refractivity contribution in [2.45, 2.75) is 0 Å². The highest BCUT2D eigenvalue weighted by Gasteiger charge is 2.10. The van der Waals surface area contributed by atoms with E-state index in [1.165, 1.54) is 4.68 Å². The molecule has 2 aromatic carbocycles. The van der Waals surface area contributed by atoms with E-state index >= 15 is 0 Å². The molecule has 0 unspecified atom stereocenters. The summed E-state index contributed by atoms with van der Waals surface area (Å²) < 4.78 is 1.47. The molecule has 0 saturated heterocycles. The molecular formula is C15H13N3O2.